The molecule has 0 aromatic heterocycles. The second-order valence-corrected chi connectivity index (χ2v) is 5.21. The van der Waals surface area contributed by atoms with E-state index in [2.05, 4.69) is 0 Å². The Morgan fingerprint density at radius 2 is 2.00 bits per heavy atom. The zero-order valence-corrected chi connectivity index (χ0v) is 12.7. The van der Waals surface area contributed by atoms with Gasteiger partial charge in [0.05, 0.1) is 6.54 Å². The quantitative estimate of drug-likeness (QED) is 0.338. The maximum absolute atomic E-state index is 11.7. The fourth-order valence-corrected chi connectivity index (χ4v) is 1.95. The number of aryl methyl sites for hydroxylation is 1. The number of esters is 1. The number of hydrogen-bond donors (Lipinski definition) is 0. The molecule has 0 aliphatic carbocycles. The number of benzene rings is 1. The molecule has 0 bridgehead atoms. The Morgan fingerprint density at radius 3 is 2.56 bits per heavy atom. The largest absolute Gasteiger partial charge is 0.463 e. The fourth-order valence-electron chi connectivity index (χ4n) is 1.35. The monoisotopic (exact) mass is 362 g/mol. The minimum atomic E-state index is -0.329. The van der Waals surface area contributed by atoms with Crippen LogP contribution in [0.25, 0.3) is 0 Å². The standard InChI is InChI=1S/C13H17INO3/c1-3-15(17)8-9-18-13(16)12(14)11-6-4-10(2)5-7-11/h4-7,12H,3,8-9H2,1-2H3. The van der Waals surface area contributed by atoms with Gasteiger partial charge in [0.15, 0.2) is 0 Å². The number of halogens is 1. The molecule has 0 spiro atoms. The first-order valence-corrected chi connectivity index (χ1v) is 7.08. The number of hydroxylamine groups is 2. The smallest absolute Gasteiger partial charge is 0.323 e. The summed E-state index contributed by atoms with van der Waals surface area (Å²) >= 11 is 2.05. The molecule has 1 atom stereocenters. The third kappa shape index (κ3) is 4.91. The summed E-state index contributed by atoms with van der Waals surface area (Å²) in [5.74, 6) is -0.302. The van der Waals surface area contributed by atoms with Crippen molar-refractivity contribution < 1.29 is 14.7 Å². The van der Waals surface area contributed by atoms with E-state index < -0.39 is 0 Å². The van der Waals surface area contributed by atoms with Crippen molar-refractivity contribution >= 4 is 28.6 Å². The lowest BCUT2D eigenvalue weighted by atomic mass is 10.1. The molecular weight excluding hydrogens is 345 g/mol. The molecule has 0 aliphatic heterocycles. The van der Waals surface area contributed by atoms with E-state index in [1.165, 1.54) is 0 Å². The van der Waals surface area contributed by atoms with Crippen LogP contribution < -0.4 is 0 Å². The summed E-state index contributed by atoms with van der Waals surface area (Å²) in [6, 6.07) is 7.76. The minimum absolute atomic E-state index is 0.140. The summed E-state index contributed by atoms with van der Waals surface area (Å²) in [4.78, 5) is 11.7. The third-order valence-electron chi connectivity index (χ3n) is 2.51. The van der Waals surface area contributed by atoms with Crippen LogP contribution in [-0.2, 0) is 14.7 Å². The SMILES string of the molecule is CCN([O])CCOC(=O)C(I)c1ccc(C)cc1. The van der Waals surface area contributed by atoms with Gasteiger partial charge in [0.25, 0.3) is 0 Å². The van der Waals surface area contributed by atoms with E-state index in [9.17, 15) is 10.0 Å². The highest BCUT2D eigenvalue weighted by Gasteiger charge is 2.18. The summed E-state index contributed by atoms with van der Waals surface area (Å²) in [6.45, 7) is 4.53. The molecule has 0 saturated carbocycles. The van der Waals surface area contributed by atoms with Crippen molar-refractivity contribution in [3.63, 3.8) is 0 Å². The van der Waals surface area contributed by atoms with E-state index in [1.807, 2.05) is 53.8 Å². The van der Waals surface area contributed by atoms with E-state index in [4.69, 9.17) is 4.74 Å². The lowest BCUT2D eigenvalue weighted by Crippen LogP contribution is -2.24. The average molecular weight is 362 g/mol. The number of carbonyl (C=O) groups is 1. The Hall–Kier alpha value is -0.660. The second-order valence-electron chi connectivity index (χ2n) is 3.96. The topological polar surface area (TPSA) is 49.4 Å². The first kappa shape index (κ1) is 15.4. The number of alkyl halides is 1. The summed E-state index contributed by atoms with van der Waals surface area (Å²) in [7, 11) is 0. The third-order valence-corrected chi connectivity index (χ3v) is 3.74. The maximum Gasteiger partial charge on any atom is 0.323 e. The van der Waals surface area contributed by atoms with Gasteiger partial charge in [-0.1, -0.05) is 52.4 Å². The van der Waals surface area contributed by atoms with Crippen LogP contribution in [0, 0.1) is 6.92 Å². The normalized spacial score (nSPS) is 12.5. The van der Waals surface area contributed by atoms with Crippen LogP contribution in [0.15, 0.2) is 24.3 Å². The predicted molar refractivity (Wildman–Crippen MR) is 76.8 cm³/mol. The summed E-state index contributed by atoms with van der Waals surface area (Å²) < 4.78 is 4.74. The second kappa shape index (κ2) is 7.70. The van der Waals surface area contributed by atoms with Gasteiger partial charge in [0.2, 0.25) is 0 Å². The lowest BCUT2D eigenvalue weighted by Gasteiger charge is -2.12. The molecule has 4 nitrogen and oxygen atoms in total. The van der Waals surface area contributed by atoms with Gasteiger partial charge in [-0.05, 0) is 19.4 Å². The van der Waals surface area contributed by atoms with Crippen LogP contribution in [0.4, 0.5) is 0 Å². The fraction of sp³-hybridized carbons (Fsp3) is 0.462. The van der Waals surface area contributed by atoms with Gasteiger partial charge >= 0.3 is 5.97 Å². The summed E-state index contributed by atoms with van der Waals surface area (Å²) in [6.07, 6.45) is 0. The molecule has 1 aromatic carbocycles. The molecule has 99 valence electrons. The molecule has 1 aromatic rings. The average Bonchev–Trinajstić information content (AvgIpc) is 2.38. The van der Waals surface area contributed by atoms with E-state index in [1.54, 1.807) is 6.92 Å². The molecule has 0 aliphatic rings. The molecule has 18 heavy (non-hydrogen) atoms. The summed E-state index contributed by atoms with van der Waals surface area (Å²) in [5, 5.41) is 11.9. The van der Waals surface area contributed by atoms with Crippen molar-refractivity contribution in [2.45, 2.75) is 17.8 Å². The van der Waals surface area contributed by atoms with Crippen LogP contribution in [0.2, 0.25) is 0 Å². The van der Waals surface area contributed by atoms with E-state index in [0.29, 0.717) is 6.54 Å². The Bertz CT molecular complexity index is 380. The van der Waals surface area contributed by atoms with Gasteiger partial charge < -0.3 is 4.74 Å². The van der Waals surface area contributed by atoms with Crippen molar-refractivity contribution in [3.8, 4) is 0 Å². The lowest BCUT2D eigenvalue weighted by molar-refractivity contribution is -0.167. The van der Waals surface area contributed by atoms with Gasteiger partial charge in [0.1, 0.15) is 10.5 Å². The number of ether oxygens (including phenoxy) is 1. The molecule has 0 heterocycles. The first-order chi connectivity index (χ1) is 8.54. The van der Waals surface area contributed by atoms with E-state index in [-0.39, 0.29) is 23.0 Å². The highest BCUT2D eigenvalue weighted by molar-refractivity contribution is 14.1. The minimum Gasteiger partial charge on any atom is -0.463 e. The zero-order valence-electron chi connectivity index (χ0n) is 10.6. The van der Waals surface area contributed by atoms with Gasteiger partial charge in [-0.25, -0.2) is 0 Å². The van der Waals surface area contributed by atoms with E-state index in [0.717, 1.165) is 16.2 Å². The highest BCUT2D eigenvalue weighted by atomic mass is 127. The van der Waals surface area contributed by atoms with Crippen molar-refractivity contribution in [1.29, 1.82) is 0 Å². The van der Waals surface area contributed by atoms with Crippen molar-refractivity contribution in [2.24, 2.45) is 0 Å². The predicted octanol–water partition coefficient (Wildman–Crippen LogP) is 2.68. The van der Waals surface area contributed by atoms with Gasteiger partial charge in [0, 0.05) is 6.54 Å². The Kier molecular flexibility index (Phi) is 6.59. The summed E-state index contributed by atoms with van der Waals surface area (Å²) in [5.41, 5.74) is 2.07. The molecule has 0 N–H and O–H groups in total. The number of likely N-dealkylation sites (N-methyl/N-ethyl adjacent to an activating group) is 1. The Morgan fingerprint density at radius 1 is 1.39 bits per heavy atom. The van der Waals surface area contributed by atoms with Crippen LogP contribution in [0.5, 0.6) is 0 Å². The molecule has 0 saturated heterocycles. The van der Waals surface area contributed by atoms with Crippen LogP contribution in [0.3, 0.4) is 0 Å². The van der Waals surface area contributed by atoms with Gasteiger partial charge in [-0.3, -0.25) is 4.79 Å². The molecule has 1 rings (SSSR count). The molecular formula is C13H17INO3. The molecule has 5 heteroatoms. The van der Waals surface area contributed by atoms with Gasteiger partial charge in [-0.15, -0.1) is 5.21 Å². The van der Waals surface area contributed by atoms with Crippen LogP contribution in [0.1, 0.15) is 22.0 Å². The molecule has 1 radical (unpaired) electrons. The van der Waals surface area contributed by atoms with Gasteiger partial charge in [-0.2, -0.15) is 5.06 Å². The molecule has 0 amide bonds. The van der Waals surface area contributed by atoms with Crippen LogP contribution in [-0.4, -0.2) is 30.7 Å². The number of hydrogen-bond acceptors (Lipinski definition) is 3. The maximum atomic E-state index is 11.7. The zero-order chi connectivity index (χ0) is 13.5. The van der Waals surface area contributed by atoms with Crippen molar-refractivity contribution in [2.75, 3.05) is 19.7 Å². The Labute approximate surface area is 121 Å². The number of carbonyl (C=O) groups excluding carboxylic acids is 1. The van der Waals surface area contributed by atoms with E-state index >= 15 is 0 Å². The molecule has 1 unspecified atom stereocenters. The first-order valence-electron chi connectivity index (χ1n) is 5.84. The van der Waals surface area contributed by atoms with Crippen molar-refractivity contribution in [1.82, 2.24) is 5.06 Å². The van der Waals surface area contributed by atoms with Crippen molar-refractivity contribution in [3.05, 3.63) is 35.4 Å². The number of nitrogens with zero attached hydrogens (tertiary/aromatic N) is 1. The number of rotatable bonds is 6. The highest BCUT2D eigenvalue weighted by Crippen LogP contribution is 2.24. The molecule has 0 fully saturated rings. The Balaban J connectivity index is 2.44. The van der Waals surface area contributed by atoms with Crippen LogP contribution >= 0.6 is 22.6 Å².